The Morgan fingerprint density at radius 1 is 0.826 bits per heavy atom. The first-order valence-electron chi connectivity index (χ1n) is 8.05. The van der Waals surface area contributed by atoms with Crippen molar-refractivity contribution in [2.45, 2.75) is 18.8 Å². The Hall–Kier alpha value is -2.58. The molecule has 0 N–H and O–H groups in total. The van der Waals surface area contributed by atoms with Gasteiger partial charge in [-0.1, -0.05) is 54.6 Å². The van der Waals surface area contributed by atoms with Crippen molar-refractivity contribution >= 4 is 10.8 Å². The maximum atomic E-state index is 6.18. The third-order valence-corrected chi connectivity index (χ3v) is 5.24. The summed E-state index contributed by atoms with van der Waals surface area (Å²) in [6.07, 6.45) is 4.55. The van der Waals surface area contributed by atoms with Gasteiger partial charge in [0, 0.05) is 10.9 Å². The summed E-state index contributed by atoms with van der Waals surface area (Å²) < 4.78 is 12.1. The van der Waals surface area contributed by atoms with Gasteiger partial charge in [-0.3, -0.25) is 0 Å². The first-order chi connectivity index (χ1) is 11.4. The van der Waals surface area contributed by atoms with E-state index in [0.717, 1.165) is 5.75 Å². The fourth-order valence-corrected chi connectivity index (χ4v) is 4.36. The summed E-state index contributed by atoms with van der Waals surface area (Å²) in [6, 6.07) is 17.0. The highest BCUT2D eigenvalue weighted by atomic mass is 16.5. The van der Waals surface area contributed by atoms with Crippen LogP contribution in [0.3, 0.4) is 0 Å². The van der Waals surface area contributed by atoms with Gasteiger partial charge in [-0.25, -0.2) is 0 Å². The van der Waals surface area contributed by atoms with Gasteiger partial charge in [-0.15, -0.1) is 0 Å². The molecule has 2 unspecified atom stereocenters. The van der Waals surface area contributed by atoms with Crippen molar-refractivity contribution in [2.75, 3.05) is 0 Å². The molecule has 0 amide bonds. The normalized spacial score (nSPS) is 22.6. The number of ether oxygens (including phenoxy) is 2. The van der Waals surface area contributed by atoms with Crippen molar-refractivity contribution in [2.24, 2.45) is 0 Å². The molecule has 0 spiro atoms. The van der Waals surface area contributed by atoms with Crippen molar-refractivity contribution in [1.29, 1.82) is 0 Å². The first kappa shape index (κ1) is 11.9. The van der Waals surface area contributed by atoms with E-state index in [0.29, 0.717) is 6.61 Å². The molecule has 3 heterocycles. The molecule has 2 heteroatoms. The maximum absolute atomic E-state index is 6.18. The van der Waals surface area contributed by atoms with Crippen LogP contribution >= 0.6 is 0 Å². The van der Waals surface area contributed by atoms with E-state index < -0.39 is 0 Å². The molecule has 0 aliphatic carbocycles. The summed E-state index contributed by atoms with van der Waals surface area (Å²) in [4.78, 5) is 0. The zero-order valence-electron chi connectivity index (χ0n) is 12.5. The largest absolute Gasteiger partial charge is 0.488 e. The second kappa shape index (κ2) is 4.03. The highest BCUT2D eigenvalue weighted by molar-refractivity contribution is 6.05. The number of rotatable bonds is 1. The minimum atomic E-state index is 0.0788. The minimum Gasteiger partial charge on any atom is -0.488 e. The van der Waals surface area contributed by atoms with E-state index >= 15 is 0 Å². The van der Waals surface area contributed by atoms with E-state index in [1.807, 2.05) is 0 Å². The van der Waals surface area contributed by atoms with Gasteiger partial charge in [0.2, 0.25) is 0 Å². The zero-order valence-corrected chi connectivity index (χ0v) is 12.5. The molecular formula is C21H14O2. The van der Waals surface area contributed by atoms with Crippen molar-refractivity contribution in [3.8, 4) is 16.9 Å². The number of hydrogen-bond acceptors (Lipinski definition) is 2. The smallest absolute Gasteiger partial charge is 0.128 e. The van der Waals surface area contributed by atoms with Gasteiger partial charge >= 0.3 is 0 Å². The van der Waals surface area contributed by atoms with Gasteiger partial charge < -0.3 is 9.47 Å². The van der Waals surface area contributed by atoms with Gasteiger partial charge in [-0.05, 0) is 33.7 Å². The SMILES string of the molecule is C1=CC2OC1c1c2c2c3c(cccc3c1-c1ccccc1)OC2. The fraction of sp³-hybridized carbons (Fsp3) is 0.143. The zero-order chi connectivity index (χ0) is 15.0. The lowest BCUT2D eigenvalue weighted by Gasteiger charge is -2.18. The van der Waals surface area contributed by atoms with Gasteiger partial charge in [0.15, 0.2) is 0 Å². The Balaban J connectivity index is 1.84. The predicted molar refractivity (Wildman–Crippen MR) is 89.4 cm³/mol. The van der Waals surface area contributed by atoms with Crippen LogP contribution in [0.4, 0.5) is 0 Å². The lowest BCUT2D eigenvalue weighted by atomic mass is 9.82. The van der Waals surface area contributed by atoms with Crippen LogP contribution in [0.15, 0.2) is 60.7 Å². The molecule has 2 nitrogen and oxygen atoms in total. The second-order valence-electron chi connectivity index (χ2n) is 6.38. The number of benzene rings is 3. The summed E-state index contributed by atoms with van der Waals surface area (Å²) in [5.41, 5.74) is 6.57. The van der Waals surface area contributed by atoms with E-state index in [4.69, 9.17) is 9.47 Å². The molecule has 3 aromatic rings. The molecule has 2 bridgehead atoms. The Kier molecular flexibility index (Phi) is 2.09. The molecule has 110 valence electrons. The molecule has 0 saturated heterocycles. The highest BCUT2D eigenvalue weighted by Gasteiger charge is 2.40. The molecule has 0 saturated carbocycles. The monoisotopic (exact) mass is 298 g/mol. The first-order valence-corrected chi connectivity index (χ1v) is 8.05. The van der Waals surface area contributed by atoms with E-state index in [1.54, 1.807) is 0 Å². The van der Waals surface area contributed by atoms with Gasteiger partial charge in [0.05, 0.1) is 0 Å². The predicted octanol–water partition coefficient (Wildman–Crippen LogP) is 5.08. The molecule has 2 atom stereocenters. The lowest BCUT2D eigenvalue weighted by molar-refractivity contribution is 0.0875. The van der Waals surface area contributed by atoms with Crippen LogP contribution in [0.5, 0.6) is 5.75 Å². The topological polar surface area (TPSA) is 18.5 Å². The number of hydrogen-bond donors (Lipinski definition) is 0. The second-order valence-corrected chi connectivity index (χ2v) is 6.38. The van der Waals surface area contributed by atoms with Crippen molar-refractivity contribution in [3.05, 3.63) is 77.4 Å². The molecule has 3 aliphatic heterocycles. The fourth-order valence-electron chi connectivity index (χ4n) is 4.36. The Morgan fingerprint density at radius 3 is 2.52 bits per heavy atom. The molecule has 3 aromatic carbocycles. The molecule has 3 aliphatic rings. The third kappa shape index (κ3) is 1.38. The molecular weight excluding hydrogens is 284 g/mol. The highest BCUT2D eigenvalue weighted by Crippen LogP contribution is 2.56. The van der Waals surface area contributed by atoms with Crippen LogP contribution in [0.1, 0.15) is 28.9 Å². The lowest BCUT2D eigenvalue weighted by Crippen LogP contribution is -2.02. The van der Waals surface area contributed by atoms with Crippen molar-refractivity contribution in [1.82, 2.24) is 0 Å². The third-order valence-electron chi connectivity index (χ3n) is 5.24. The van der Waals surface area contributed by atoms with Crippen LogP contribution in [0.2, 0.25) is 0 Å². The summed E-state index contributed by atoms with van der Waals surface area (Å²) in [6.45, 7) is 0.660. The van der Waals surface area contributed by atoms with Crippen LogP contribution in [0.25, 0.3) is 21.9 Å². The van der Waals surface area contributed by atoms with E-state index in [1.165, 1.54) is 38.6 Å². The van der Waals surface area contributed by atoms with E-state index in [2.05, 4.69) is 60.7 Å². The van der Waals surface area contributed by atoms with Crippen molar-refractivity contribution in [3.63, 3.8) is 0 Å². The summed E-state index contributed by atoms with van der Waals surface area (Å²) in [5, 5.41) is 2.55. The van der Waals surface area contributed by atoms with Crippen LogP contribution in [-0.2, 0) is 11.3 Å². The maximum Gasteiger partial charge on any atom is 0.128 e. The van der Waals surface area contributed by atoms with Gasteiger partial charge in [0.25, 0.3) is 0 Å². The molecule has 23 heavy (non-hydrogen) atoms. The summed E-state index contributed by atoms with van der Waals surface area (Å²) >= 11 is 0. The van der Waals surface area contributed by atoms with Crippen LogP contribution < -0.4 is 4.74 Å². The molecule has 0 radical (unpaired) electrons. The Labute approximate surface area is 134 Å². The van der Waals surface area contributed by atoms with Crippen LogP contribution in [0, 0.1) is 0 Å². The quantitative estimate of drug-likeness (QED) is 0.583. The summed E-state index contributed by atoms with van der Waals surface area (Å²) in [5.74, 6) is 1.00. The average molecular weight is 298 g/mol. The molecule has 6 rings (SSSR count). The Bertz CT molecular complexity index is 1000. The standard InChI is InChI=1S/C21H14O2/c1-2-5-12(6-3-1)18-13-7-4-8-15-19(13)14(11-22-15)20-16-9-10-17(23-16)21(18)20/h1-10,16-17H,11H2. The summed E-state index contributed by atoms with van der Waals surface area (Å²) in [7, 11) is 0. The van der Waals surface area contributed by atoms with Crippen LogP contribution in [-0.4, -0.2) is 0 Å². The number of fused-ring (bicyclic) bond motifs is 6. The van der Waals surface area contributed by atoms with E-state index in [9.17, 15) is 0 Å². The average Bonchev–Trinajstić information content (AvgIpc) is 3.31. The van der Waals surface area contributed by atoms with Gasteiger partial charge in [0.1, 0.15) is 24.6 Å². The molecule has 0 fully saturated rings. The van der Waals surface area contributed by atoms with E-state index in [-0.39, 0.29) is 12.2 Å². The Morgan fingerprint density at radius 2 is 1.65 bits per heavy atom. The minimum absolute atomic E-state index is 0.0788. The van der Waals surface area contributed by atoms with Gasteiger partial charge in [-0.2, -0.15) is 0 Å². The van der Waals surface area contributed by atoms with Crippen molar-refractivity contribution < 1.29 is 9.47 Å². The molecule has 0 aromatic heterocycles.